The van der Waals surface area contributed by atoms with E-state index in [1.54, 1.807) is 4.90 Å². The number of nitrogens with zero attached hydrogens (tertiary/aromatic N) is 1. The zero-order chi connectivity index (χ0) is 16.2. The summed E-state index contributed by atoms with van der Waals surface area (Å²) in [5, 5.41) is 6.23. The Hall–Kier alpha value is -1.88. The van der Waals surface area contributed by atoms with Gasteiger partial charge in [0.25, 0.3) is 0 Å². The lowest BCUT2D eigenvalue weighted by atomic mass is 9.97. The first-order chi connectivity index (χ1) is 11.1. The summed E-state index contributed by atoms with van der Waals surface area (Å²) in [5.74, 6) is 0.0184. The zero-order valence-electron chi connectivity index (χ0n) is 13.7. The maximum Gasteiger partial charge on any atom is 0.249 e. The number of piperidine rings is 2. The van der Waals surface area contributed by atoms with Gasteiger partial charge < -0.3 is 15.5 Å². The van der Waals surface area contributed by atoms with Crippen LogP contribution in [-0.4, -0.2) is 37.5 Å². The predicted octanol–water partition coefficient (Wildman–Crippen LogP) is 1.61. The van der Waals surface area contributed by atoms with Crippen LogP contribution < -0.4 is 15.5 Å². The molecule has 23 heavy (non-hydrogen) atoms. The predicted molar refractivity (Wildman–Crippen MR) is 90.3 cm³/mol. The first kappa shape index (κ1) is 16.0. The van der Waals surface area contributed by atoms with E-state index in [0.29, 0.717) is 6.54 Å². The summed E-state index contributed by atoms with van der Waals surface area (Å²) < 4.78 is 0. The Kier molecular flexibility index (Phi) is 4.96. The molecule has 0 saturated carbocycles. The summed E-state index contributed by atoms with van der Waals surface area (Å²) in [6.07, 6.45) is 3.56. The normalized spacial score (nSPS) is 25.3. The minimum Gasteiger partial charge on any atom is -0.344 e. The highest BCUT2D eigenvalue weighted by Crippen LogP contribution is 2.22. The molecule has 2 amide bonds. The molecule has 124 valence electrons. The van der Waals surface area contributed by atoms with E-state index >= 15 is 0 Å². The van der Waals surface area contributed by atoms with Gasteiger partial charge in [-0.15, -0.1) is 0 Å². The van der Waals surface area contributed by atoms with Crippen LogP contribution in [0.3, 0.4) is 0 Å². The van der Waals surface area contributed by atoms with Crippen LogP contribution in [0.1, 0.15) is 31.2 Å². The summed E-state index contributed by atoms with van der Waals surface area (Å²) in [4.78, 5) is 26.9. The SMILES string of the molecule is Cc1ccc(N2CCCC(NC(=O)C3CCCNC3)C2=O)cc1. The molecule has 2 heterocycles. The molecule has 1 aromatic rings. The van der Waals surface area contributed by atoms with Gasteiger partial charge in [-0.2, -0.15) is 0 Å². The Balaban J connectivity index is 1.64. The van der Waals surface area contributed by atoms with E-state index in [-0.39, 0.29) is 23.8 Å². The largest absolute Gasteiger partial charge is 0.344 e. The molecule has 0 spiro atoms. The fraction of sp³-hybridized carbons (Fsp3) is 0.556. The van der Waals surface area contributed by atoms with Crippen molar-refractivity contribution in [1.82, 2.24) is 10.6 Å². The molecule has 2 aliphatic heterocycles. The van der Waals surface area contributed by atoms with Gasteiger partial charge in [-0.05, 0) is 51.3 Å². The molecular weight excluding hydrogens is 290 g/mol. The molecule has 2 unspecified atom stereocenters. The summed E-state index contributed by atoms with van der Waals surface area (Å²) in [6, 6.07) is 7.58. The third-order valence-corrected chi connectivity index (χ3v) is 4.77. The van der Waals surface area contributed by atoms with Crippen molar-refractivity contribution < 1.29 is 9.59 Å². The third kappa shape index (κ3) is 3.72. The zero-order valence-corrected chi connectivity index (χ0v) is 13.7. The lowest BCUT2D eigenvalue weighted by molar-refractivity contribution is -0.131. The minimum atomic E-state index is -0.389. The molecule has 3 rings (SSSR count). The average molecular weight is 315 g/mol. The Bertz CT molecular complexity index is 564. The molecule has 2 saturated heterocycles. The van der Waals surface area contributed by atoms with Crippen LogP contribution in [0.2, 0.25) is 0 Å². The van der Waals surface area contributed by atoms with E-state index in [1.165, 1.54) is 5.56 Å². The van der Waals surface area contributed by atoms with Crippen LogP contribution >= 0.6 is 0 Å². The van der Waals surface area contributed by atoms with E-state index in [2.05, 4.69) is 10.6 Å². The van der Waals surface area contributed by atoms with Crippen LogP contribution in [-0.2, 0) is 9.59 Å². The van der Waals surface area contributed by atoms with Gasteiger partial charge in [0.1, 0.15) is 6.04 Å². The van der Waals surface area contributed by atoms with Crippen LogP contribution in [0, 0.1) is 12.8 Å². The number of carbonyl (C=O) groups is 2. The number of anilines is 1. The van der Waals surface area contributed by atoms with Crippen LogP contribution in [0.25, 0.3) is 0 Å². The molecule has 2 fully saturated rings. The number of hydrogen-bond donors (Lipinski definition) is 2. The number of nitrogens with one attached hydrogen (secondary N) is 2. The van der Waals surface area contributed by atoms with Crippen molar-refractivity contribution in [3.8, 4) is 0 Å². The number of carbonyl (C=O) groups excluding carboxylic acids is 2. The summed E-state index contributed by atoms with van der Waals surface area (Å²) in [5.41, 5.74) is 2.09. The van der Waals surface area contributed by atoms with Gasteiger partial charge in [-0.1, -0.05) is 17.7 Å². The average Bonchev–Trinajstić information content (AvgIpc) is 2.58. The Morgan fingerprint density at radius 3 is 2.70 bits per heavy atom. The first-order valence-electron chi connectivity index (χ1n) is 8.54. The van der Waals surface area contributed by atoms with Crippen LogP contribution in [0.5, 0.6) is 0 Å². The monoisotopic (exact) mass is 315 g/mol. The van der Waals surface area contributed by atoms with Crippen molar-refractivity contribution in [3.63, 3.8) is 0 Å². The highest BCUT2D eigenvalue weighted by atomic mass is 16.2. The lowest BCUT2D eigenvalue weighted by Gasteiger charge is -2.34. The molecule has 2 atom stereocenters. The topological polar surface area (TPSA) is 61.4 Å². The fourth-order valence-electron chi connectivity index (χ4n) is 3.36. The Labute approximate surface area is 137 Å². The molecule has 0 radical (unpaired) electrons. The van der Waals surface area contributed by atoms with E-state index < -0.39 is 0 Å². The van der Waals surface area contributed by atoms with Crippen molar-refractivity contribution >= 4 is 17.5 Å². The van der Waals surface area contributed by atoms with E-state index in [9.17, 15) is 9.59 Å². The highest BCUT2D eigenvalue weighted by molar-refractivity contribution is 6.00. The molecule has 0 aliphatic carbocycles. The van der Waals surface area contributed by atoms with Gasteiger partial charge in [0.05, 0.1) is 5.92 Å². The molecule has 5 heteroatoms. The van der Waals surface area contributed by atoms with Gasteiger partial charge in [0.15, 0.2) is 0 Å². The molecule has 0 aromatic heterocycles. The van der Waals surface area contributed by atoms with Crippen LogP contribution in [0.15, 0.2) is 24.3 Å². The number of rotatable bonds is 3. The molecule has 2 N–H and O–H groups in total. The van der Waals surface area contributed by atoms with Crippen molar-refractivity contribution in [2.45, 2.75) is 38.6 Å². The highest BCUT2D eigenvalue weighted by Gasteiger charge is 2.32. The third-order valence-electron chi connectivity index (χ3n) is 4.77. The summed E-state index contributed by atoms with van der Waals surface area (Å²) in [7, 11) is 0. The van der Waals surface area contributed by atoms with Crippen molar-refractivity contribution in [2.24, 2.45) is 5.92 Å². The molecule has 0 bridgehead atoms. The Morgan fingerprint density at radius 2 is 2.00 bits per heavy atom. The quantitative estimate of drug-likeness (QED) is 0.891. The molecule has 5 nitrogen and oxygen atoms in total. The summed E-state index contributed by atoms with van der Waals surface area (Å²) in [6.45, 7) is 4.45. The van der Waals surface area contributed by atoms with E-state index in [4.69, 9.17) is 0 Å². The van der Waals surface area contributed by atoms with Gasteiger partial charge >= 0.3 is 0 Å². The van der Waals surface area contributed by atoms with Crippen molar-refractivity contribution in [3.05, 3.63) is 29.8 Å². The fourth-order valence-corrected chi connectivity index (χ4v) is 3.36. The van der Waals surface area contributed by atoms with Crippen molar-refractivity contribution in [2.75, 3.05) is 24.5 Å². The second-order valence-corrected chi connectivity index (χ2v) is 6.57. The summed E-state index contributed by atoms with van der Waals surface area (Å²) >= 11 is 0. The van der Waals surface area contributed by atoms with E-state index in [0.717, 1.165) is 44.5 Å². The maximum absolute atomic E-state index is 12.7. The molecule has 2 aliphatic rings. The van der Waals surface area contributed by atoms with Crippen molar-refractivity contribution in [1.29, 1.82) is 0 Å². The molecular formula is C18H25N3O2. The van der Waals surface area contributed by atoms with Gasteiger partial charge in [-0.25, -0.2) is 0 Å². The van der Waals surface area contributed by atoms with Gasteiger partial charge in [0.2, 0.25) is 11.8 Å². The lowest BCUT2D eigenvalue weighted by Crippen LogP contribution is -2.54. The van der Waals surface area contributed by atoms with Gasteiger partial charge in [0, 0.05) is 18.8 Å². The Morgan fingerprint density at radius 1 is 1.22 bits per heavy atom. The minimum absolute atomic E-state index is 0.00805. The second-order valence-electron chi connectivity index (χ2n) is 6.57. The number of amides is 2. The van der Waals surface area contributed by atoms with Gasteiger partial charge in [-0.3, -0.25) is 9.59 Å². The molecule has 1 aromatic carbocycles. The number of benzene rings is 1. The van der Waals surface area contributed by atoms with Crippen LogP contribution in [0.4, 0.5) is 5.69 Å². The smallest absolute Gasteiger partial charge is 0.249 e. The second kappa shape index (κ2) is 7.13. The number of aryl methyl sites for hydroxylation is 1. The number of hydrogen-bond acceptors (Lipinski definition) is 3. The first-order valence-corrected chi connectivity index (χ1v) is 8.54. The standard InChI is InChI=1S/C18H25N3O2/c1-13-6-8-15(9-7-13)21-11-3-5-16(18(21)23)20-17(22)14-4-2-10-19-12-14/h6-9,14,16,19H,2-5,10-12H2,1H3,(H,20,22). The van der Waals surface area contributed by atoms with E-state index in [1.807, 2.05) is 31.2 Å². The maximum atomic E-state index is 12.7.